The summed E-state index contributed by atoms with van der Waals surface area (Å²) in [6.45, 7) is 4.01. The van der Waals surface area contributed by atoms with E-state index >= 15 is 0 Å². The van der Waals surface area contributed by atoms with E-state index in [1.54, 1.807) is 41.2 Å². The lowest BCUT2D eigenvalue weighted by Gasteiger charge is -2.15. The van der Waals surface area contributed by atoms with Gasteiger partial charge in [0.2, 0.25) is 0 Å². The maximum Gasteiger partial charge on any atom is 0.417 e. The number of imidazole rings is 1. The van der Waals surface area contributed by atoms with Gasteiger partial charge >= 0.3 is 12.4 Å². The summed E-state index contributed by atoms with van der Waals surface area (Å²) >= 11 is 0. The van der Waals surface area contributed by atoms with Crippen molar-refractivity contribution in [3.05, 3.63) is 108 Å². The summed E-state index contributed by atoms with van der Waals surface area (Å²) < 4.78 is 94.6. The van der Waals surface area contributed by atoms with E-state index in [1.165, 1.54) is 12.1 Å². The Labute approximate surface area is 205 Å². The molecule has 37 heavy (non-hydrogen) atoms. The minimum absolute atomic E-state index is 0.00241. The average molecular weight is 519 g/mol. The minimum Gasteiger partial charge on any atom is -0.333 e. The first kappa shape index (κ1) is 25.8. The van der Waals surface area contributed by atoms with Gasteiger partial charge in [0, 0.05) is 17.2 Å². The van der Waals surface area contributed by atoms with Crippen LogP contribution in [0.15, 0.2) is 85.2 Å². The molecule has 190 valence electrons. The Morgan fingerprint density at radius 3 is 2.41 bits per heavy atom. The van der Waals surface area contributed by atoms with Gasteiger partial charge < -0.3 is 10.4 Å². The zero-order chi connectivity index (χ0) is 27.0. The molecule has 0 saturated carbocycles. The number of nitrogens with zero attached hydrogens (tertiary/aromatic N) is 2. The smallest absolute Gasteiger partial charge is 0.333 e. The molecule has 0 aliphatic rings. The van der Waals surface area contributed by atoms with Crippen molar-refractivity contribution in [2.24, 2.45) is 0 Å². The fraction of sp³-hybridized carbons (Fsp3) is 0.115. The molecular formula is C26H18F7N4+. The van der Waals surface area contributed by atoms with Crippen LogP contribution in [-0.2, 0) is 18.9 Å². The van der Waals surface area contributed by atoms with Gasteiger partial charge in [-0.3, -0.25) is 0 Å². The van der Waals surface area contributed by atoms with Crippen molar-refractivity contribution in [3.8, 4) is 11.4 Å². The first-order chi connectivity index (χ1) is 17.3. The van der Waals surface area contributed by atoms with E-state index in [2.05, 4.69) is 16.5 Å². The summed E-state index contributed by atoms with van der Waals surface area (Å²) in [7, 11) is 0. The number of fused-ring (bicyclic) bond motifs is 1. The number of hydrogen-bond acceptors (Lipinski definition) is 2. The second-order valence-electron chi connectivity index (χ2n) is 8.14. The third-order valence-electron chi connectivity index (χ3n) is 5.42. The first-order valence-corrected chi connectivity index (χ1v) is 10.7. The van der Waals surface area contributed by atoms with Gasteiger partial charge in [-0.1, -0.05) is 30.9 Å². The molecule has 0 spiro atoms. The molecule has 0 aliphatic carbocycles. The standard InChI is InChI=1S/C26H17F7N4/c1-15(6-9-21(34)17-8-7-16(25(28,29)30)12-19(17)26(31,32)33)13-37-11-10-22-23(14-37)36-24(35-22)18-4-2-3-5-20(18)27/h2-12,14,34H,1,13H2/p+1. The van der Waals surface area contributed by atoms with Gasteiger partial charge in [0.25, 0.3) is 0 Å². The monoisotopic (exact) mass is 519 g/mol. The lowest BCUT2D eigenvalue weighted by Crippen LogP contribution is -2.33. The van der Waals surface area contributed by atoms with Crippen molar-refractivity contribution in [3.63, 3.8) is 0 Å². The number of rotatable bonds is 6. The fourth-order valence-corrected chi connectivity index (χ4v) is 3.65. The normalized spacial score (nSPS) is 12.4. The molecule has 2 N–H and O–H groups in total. The van der Waals surface area contributed by atoms with E-state index in [4.69, 9.17) is 5.41 Å². The predicted octanol–water partition coefficient (Wildman–Crippen LogP) is 6.87. The van der Waals surface area contributed by atoms with E-state index < -0.39 is 40.6 Å². The van der Waals surface area contributed by atoms with Crippen LogP contribution in [0.25, 0.3) is 22.4 Å². The molecule has 4 rings (SSSR count). The molecular weight excluding hydrogens is 501 g/mol. The van der Waals surface area contributed by atoms with E-state index in [-0.39, 0.29) is 12.6 Å². The van der Waals surface area contributed by atoms with Gasteiger partial charge in [-0.25, -0.2) is 9.37 Å². The number of hydrogen-bond donors (Lipinski definition) is 2. The first-order valence-electron chi connectivity index (χ1n) is 10.7. The third kappa shape index (κ3) is 5.76. The highest BCUT2D eigenvalue weighted by Gasteiger charge is 2.38. The van der Waals surface area contributed by atoms with Crippen molar-refractivity contribution in [2.45, 2.75) is 18.9 Å². The molecule has 0 aliphatic heterocycles. The molecule has 2 aromatic carbocycles. The number of benzene rings is 2. The largest absolute Gasteiger partial charge is 0.417 e. The topological polar surface area (TPSA) is 56.4 Å². The summed E-state index contributed by atoms with van der Waals surface area (Å²) in [4.78, 5) is 7.40. The summed E-state index contributed by atoms with van der Waals surface area (Å²) in [6.07, 6.45) is -4.30. The van der Waals surface area contributed by atoms with Gasteiger partial charge in [-0.15, -0.1) is 0 Å². The molecule has 4 aromatic rings. The van der Waals surface area contributed by atoms with E-state index in [9.17, 15) is 30.7 Å². The second-order valence-corrected chi connectivity index (χ2v) is 8.14. The van der Waals surface area contributed by atoms with Crippen LogP contribution < -0.4 is 4.57 Å². The number of halogens is 7. The number of aromatic amines is 1. The van der Waals surface area contributed by atoms with E-state index in [1.807, 2.05) is 0 Å². The SMILES string of the molecule is C=C(C=CC(=N)c1ccc(C(F)(F)F)cc1C(F)(F)F)C[n+]1ccc2nc(-c3ccccc3F)[nH]c2c1. The number of alkyl halides is 6. The Bertz CT molecular complexity index is 1530. The Morgan fingerprint density at radius 2 is 1.73 bits per heavy atom. The Hall–Kier alpha value is -4.28. The molecule has 0 unspecified atom stereocenters. The molecule has 0 atom stereocenters. The number of aromatic nitrogens is 3. The predicted molar refractivity (Wildman–Crippen MR) is 123 cm³/mol. The van der Waals surface area contributed by atoms with E-state index in [0.29, 0.717) is 40.1 Å². The average Bonchev–Trinajstić information content (AvgIpc) is 3.24. The maximum absolute atomic E-state index is 14.1. The van der Waals surface area contributed by atoms with Crippen LogP contribution in [0.2, 0.25) is 0 Å². The fourth-order valence-electron chi connectivity index (χ4n) is 3.65. The molecule has 4 nitrogen and oxygen atoms in total. The zero-order valence-corrected chi connectivity index (χ0v) is 18.9. The van der Waals surface area contributed by atoms with Crippen molar-refractivity contribution < 1.29 is 35.3 Å². The van der Waals surface area contributed by atoms with Crippen LogP contribution in [0.4, 0.5) is 30.7 Å². The van der Waals surface area contributed by atoms with Crippen LogP contribution in [0.3, 0.4) is 0 Å². The molecule has 0 saturated heterocycles. The number of H-pyrrole nitrogens is 1. The van der Waals surface area contributed by atoms with Gasteiger partial charge in [0.1, 0.15) is 22.7 Å². The molecule has 11 heteroatoms. The van der Waals surface area contributed by atoms with Crippen LogP contribution in [0.5, 0.6) is 0 Å². The molecule has 0 fully saturated rings. The Balaban J connectivity index is 1.52. The lowest BCUT2D eigenvalue weighted by molar-refractivity contribution is -0.687. The maximum atomic E-state index is 14.1. The van der Waals surface area contributed by atoms with Crippen LogP contribution >= 0.6 is 0 Å². The third-order valence-corrected chi connectivity index (χ3v) is 5.42. The molecule has 0 radical (unpaired) electrons. The van der Waals surface area contributed by atoms with Gasteiger partial charge in [0.15, 0.2) is 18.9 Å². The van der Waals surface area contributed by atoms with Crippen molar-refractivity contribution in [2.75, 3.05) is 0 Å². The quantitative estimate of drug-likeness (QED) is 0.124. The Morgan fingerprint density at radius 1 is 1.00 bits per heavy atom. The molecule has 0 amide bonds. The van der Waals surface area contributed by atoms with Crippen LogP contribution in [0.1, 0.15) is 16.7 Å². The number of pyridine rings is 1. The van der Waals surface area contributed by atoms with Gasteiger partial charge in [-0.2, -0.15) is 30.9 Å². The summed E-state index contributed by atoms with van der Waals surface area (Å²) in [6, 6.07) is 8.98. The van der Waals surface area contributed by atoms with Gasteiger partial charge in [-0.05, 0) is 30.3 Å². The highest BCUT2D eigenvalue weighted by molar-refractivity contribution is 6.07. The summed E-state index contributed by atoms with van der Waals surface area (Å²) in [5.74, 6) is -0.0906. The number of allylic oxidation sites excluding steroid dienone is 3. The second kappa shape index (κ2) is 9.64. The van der Waals surface area contributed by atoms with E-state index in [0.717, 1.165) is 6.08 Å². The lowest BCUT2D eigenvalue weighted by atomic mass is 9.98. The molecule has 2 aromatic heterocycles. The summed E-state index contributed by atoms with van der Waals surface area (Å²) in [5, 5.41) is 8.00. The van der Waals surface area contributed by atoms with Crippen molar-refractivity contribution in [1.29, 1.82) is 5.41 Å². The van der Waals surface area contributed by atoms with Crippen molar-refractivity contribution >= 4 is 16.7 Å². The highest BCUT2D eigenvalue weighted by Crippen LogP contribution is 2.37. The molecule has 0 bridgehead atoms. The zero-order valence-electron chi connectivity index (χ0n) is 18.9. The summed E-state index contributed by atoms with van der Waals surface area (Å²) in [5.41, 5.74) is -2.41. The number of nitrogens with one attached hydrogen (secondary N) is 2. The highest BCUT2D eigenvalue weighted by atomic mass is 19.4. The van der Waals surface area contributed by atoms with Crippen LogP contribution in [0, 0.1) is 11.2 Å². The van der Waals surface area contributed by atoms with Crippen LogP contribution in [-0.4, -0.2) is 15.7 Å². The minimum atomic E-state index is -5.08. The van der Waals surface area contributed by atoms with Gasteiger partial charge in [0.05, 0.1) is 22.4 Å². The van der Waals surface area contributed by atoms with Crippen molar-refractivity contribution in [1.82, 2.24) is 9.97 Å². The Kier molecular flexibility index (Phi) is 6.72. The molecule has 2 heterocycles.